The fourth-order valence-corrected chi connectivity index (χ4v) is 5.25. The largest absolute Gasteiger partial charge is 0.465 e. The van der Waals surface area contributed by atoms with E-state index in [0.717, 1.165) is 0 Å². The molecule has 2 heterocycles. The first kappa shape index (κ1) is 19.9. The molecule has 9 nitrogen and oxygen atoms in total. The van der Waals surface area contributed by atoms with E-state index in [9.17, 15) is 18.0 Å². The molecule has 0 bridgehead atoms. The van der Waals surface area contributed by atoms with Gasteiger partial charge in [-0.1, -0.05) is 0 Å². The summed E-state index contributed by atoms with van der Waals surface area (Å²) in [6, 6.07) is 0. The van der Waals surface area contributed by atoms with Gasteiger partial charge in [-0.15, -0.1) is 0 Å². The van der Waals surface area contributed by atoms with Gasteiger partial charge in [0.05, 0.1) is 0 Å². The molecule has 0 spiro atoms. The number of nitrogens with zero attached hydrogens (tertiary/aromatic N) is 2. The van der Waals surface area contributed by atoms with Crippen LogP contribution < -0.4 is 5.32 Å². The average molecular weight is 377 g/mol. The standard InChI is InChI=1S/C15H27N3O6S/c1-14(2,3)24-12(19)15(4-6-16-7-5-15)25(22,23)18-10-8-17(9-11-18)13(20)21/h16H,4-11H2,1-3H3,(H,20,21). The van der Waals surface area contributed by atoms with Gasteiger partial charge in [0, 0.05) is 26.2 Å². The van der Waals surface area contributed by atoms with Crippen LogP contribution in [0.1, 0.15) is 33.6 Å². The van der Waals surface area contributed by atoms with Crippen LogP contribution in [-0.4, -0.2) is 84.4 Å². The Kier molecular flexibility index (Phi) is 5.65. The maximum absolute atomic E-state index is 13.3. The van der Waals surface area contributed by atoms with E-state index in [4.69, 9.17) is 9.84 Å². The summed E-state index contributed by atoms with van der Waals surface area (Å²) in [4.78, 5) is 25.0. The Hall–Kier alpha value is -1.39. The molecule has 0 saturated carbocycles. The third kappa shape index (κ3) is 4.06. The topological polar surface area (TPSA) is 116 Å². The molecule has 2 aliphatic heterocycles. The predicted molar refractivity (Wildman–Crippen MR) is 90.8 cm³/mol. The van der Waals surface area contributed by atoms with E-state index >= 15 is 0 Å². The van der Waals surface area contributed by atoms with Crippen molar-refractivity contribution < 1.29 is 27.9 Å². The fourth-order valence-electron chi connectivity index (χ4n) is 3.14. The Balaban J connectivity index is 2.27. The van der Waals surface area contributed by atoms with Gasteiger partial charge in [-0.3, -0.25) is 4.79 Å². The number of esters is 1. The molecule has 0 aromatic heterocycles. The second-order valence-electron chi connectivity index (χ2n) is 7.42. The van der Waals surface area contributed by atoms with Crippen molar-refractivity contribution in [1.82, 2.24) is 14.5 Å². The molecule has 0 aromatic rings. The van der Waals surface area contributed by atoms with Gasteiger partial charge < -0.3 is 20.1 Å². The minimum absolute atomic E-state index is 0.0482. The molecule has 144 valence electrons. The number of carbonyl (C=O) groups is 2. The molecule has 0 unspecified atom stereocenters. The normalized spacial score (nSPS) is 22.4. The summed E-state index contributed by atoms with van der Waals surface area (Å²) in [6.45, 7) is 6.22. The highest BCUT2D eigenvalue weighted by molar-refractivity contribution is 7.91. The Labute approximate surface area is 148 Å². The van der Waals surface area contributed by atoms with Crippen LogP contribution in [0, 0.1) is 0 Å². The van der Waals surface area contributed by atoms with Gasteiger partial charge in [-0.05, 0) is 46.7 Å². The van der Waals surface area contributed by atoms with E-state index in [-0.39, 0.29) is 39.0 Å². The van der Waals surface area contributed by atoms with Crippen LogP contribution in [0.4, 0.5) is 4.79 Å². The average Bonchev–Trinajstić information content (AvgIpc) is 2.53. The minimum atomic E-state index is -3.97. The van der Waals surface area contributed by atoms with Crippen molar-refractivity contribution in [3.05, 3.63) is 0 Å². The smallest absolute Gasteiger partial charge is 0.407 e. The minimum Gasteiger partial charge on any atom is -0.465 e. The number of nitrogens with one attached hydrogen (secondary N) is 1. The second-order valence-corrected chi connectivity index (χ2v) is 9.67. The van der Waals surface area contributed by atoms with E-state index in [0.29, 0.717) is 13.1 Å². The molecule has 0 aromatic carbocycles. The van der Waals surface area contributed by atoms with E-state index in [2.05, 4.69) is 5.32 Å². The van der Waals surface area contributed by atoms with Crippen LogP contribution in [0.3, 0.4) is 0 Å². The molecular weight excluding hydrogens is 350 g/mol. The molecule has 2 fully saturated rings. The summed E-state index contributed by atoms with van der Waals surface area (Å²) in [5, 5.41) is 12.1. The van der Waals surface area contributed by atoms with Crippen LogP contribution >= 0.6 is 0 Å². The number of ether oxygens (including phenoxy) is 1. The second kappa shape index (κ2) is 7.08. The zero-order chi connectivity index (χ0) is 18.9. The summed E-state index contributed by atoms with van der Waals surface area (Å²) in [5.74, 6) is -0.720. The van der Waals surface area contributed by atoms with Gasteiger partial charge in [0.2, 0.25) is 10.0 Å². The van der Waals surface area contributed by atoms with Gasteiger partial charge in [-0.25, -0.2) is 13.2 Å². The molecule has 10 heteroatoms. The maximum Gasteiger partial charge on any atom is 0.407 e. The number of amides is 1. The number of sulfonamides is 1. The Bertz CT molecular complexity index is 614. The molecule has 2 N–H and O–H groups in total. The predicted octanol–water partition coefficient (Wildman–Crippen LogP) is 0.0757. The highest BCUT2D eigenvalue weighted by Gasteiger charge is 2.56. The fraction of sp³-hybridized carbons (Fsp3) is 0.867. The monoisotopic (exact) mass is 377 g/mol. The van der Waals surface area contributed by atoms with Crippen molar-refractivity contribution in [3.8, 4) is 0 Å². The zero-order valence-electron chi connectivity index (χ0n) is 14.9. The van der Waals surface area contributed by atoms with Crippen LogP contribution in [0.25, 0.3) is 0 Å². The van der Waals surface area contributed by atoms with Gasteiger partial charge in [0.25, 0.3) is 0 Å². The van der Waals surface area contributed by atoms with Crippen molar-refractivity contribution in [1.29, 1.82) is 0 Å². The van der Waals surface area contributed by atoms with Crippen molar-refractivity contribution >= 4 is 22.1 Å². The summed E-state index contributed by atoms with van der Waals surface area (Å²) in [7, 11) is -3.97. The first-order valence-electron chi connectivity index (χ1n) is 8.41. The Morgan fingerprint density at radius 2 is 1.60 bits per heavy atom. The molecule has 25 heavy (non-hydrogen) atoms. The summed E-state index contributed by atoms with van der Waals surface area (Å²) in [6.07, 6.45) is -0.784. The summed E-state index contributed by atoms with van der Waals surface area (Å²) >= 11 is 0. The number of rotatable bonds is 3. The maximum atomic E-state index is 13.3. The Morgan fingerprint density at radius 3 is 2.04 bits per heavy atom. The lowest BCUT2D eigenvalue weighted by Gasteiger charge is -2.42. The van der Waals surface area contributed by atoms with Gasteiger partial charge in [0.15, 0.2) is 4.75 Å². The number of piperazine rings is 1. The summed E-state index contributed by atoms with van der Waals surface area (Å²) in [5.41, 5.74) is -0.785. The third-order valence-electron chi connectivity index (χ3n) is 4.52. The van der Waals surface area contributed by atoms with Gasteiger partial charge in [-0.2, -0.15) is 4.31 Å². The van der Waals surface area contributed by atoms with Crippen molar-refractivity contribution in [3.63, 3.8) is 0 Å². The lowest BCUT2D eigenvalue weighted by molar-refractivity contribution is -0.159. The van der Waals surface area contributed by atoms with Crippen molar-refractivity contribution in [2.75, 3.05) is 39.3 Å². The van der Waals surface area contributed by atoms with Crippen LogP contribution in [0.5, 0.6) is 0 Å². The number of hydrogen-bond donors (Lipinski definition) is 2. The highest BCUT2D eigenvalue weighted by atomic mass is 32.2. The molecule has 0 atom stereocenters. The first-order valence-corrected chi connectivity index (χ1v) is 9.85. The number of hydrogen-bond acceptors (Lipinski definition) is 6. The quantitative estimate of drug-likeness (QED) is 0.669. The molecule has 0 aliphatic carbocycles. The SMILES string of the molecule is CC(C)(C)OC(=O)C1(S(=O)(=O)N2CCN(C(=O)O)CC2)CCNCC1. The number of piperidine rings is 1. The zero-order valence-corrected chi connectivity index (χ0v) is 15.8. The number of carboxylic acid groups (broad SMARTS) is 1. The lowest BCUT2D eigenvalue weighted by atomic mass is 9.96. The van der Waals surface area contributed by atoms with E-state index in [1.807, 2.05) is 0 Å². The first-order chi connectivity index (χ1) is 11.5. The molecule has 0 radical (unpaired) electrons. The van der Waals surface area contributed by atoms with Gasteiger partial charge >= 0.3 is 12.1 Å². The van der Waals surface area contributed by atoms with Gasteiger partial charge in [0.1, 0.15) is 5.60 Å². The van der Waals surface area contributed by atoms with Crippen molar-refractivity contribution in [2.45, 2.75) is 44.0 Å². The third-order valence-corrected chi connectivity index (χ3v) is 7.13. The molecular formula is C15H27N3O6S. The lowest BCUT2D eigenvalue weighted by Crippen LogP contribution is -2.62. The van der Waals surface area contributed by atoms with E-state index in [1.165, 1.54) is 9.21 Å². The summed E-state index contributed by atoms with van der Waals surface area (Å²) < 4.78 is 31.7. The van der Waals surface area contributed by atoms with E-state index < -0.39 is 32.4 Å². The molecule has 2 rings (SSSR count). The Morgan fingerprint density at radius 1 is 1.08 bits per heavy atom. The van der Waals surface area contributed by atoms with E-state index in [1.54, 1.807) is 20.8 Å². The van der Waals surface area contributed by atoms with Crippen molar-refractivity contribution in [2.24, 2.45) is 0 Å². The van der Waals surface area contributed by atoms with Crippen LogP contribution in [0.15, 0.2) is 0 Å². The molecule has 2 aliphatic rings. The molecule has 1 amide bonds. The van der Waals surface area contributed by atoms with Crippen LogP contribution in [-0.2, 0) is 19.6 Å². The highest BCUT2D eigenvalue weighted by Crippen LogP contribution is 2.34. The van der Waals surface area contributed by atoms with Crippen LogP contribution in [0.2, 0.25) is 0 Å². The number of carbonyl (C=O) groups excluding carboxylic acids is 1. The molecule has 2 saturated heterocycles.